The summed E-state index contributed by atoms with van der Waals surface area (Å²) < 4.78 is 0. The second-order valence-electron chi connectivity index (χ2n) is 12.2. The lowest BCUT2D eigenvalue weighted by Gasteiger charge is -2.30. The summed E-state index contributed by atoms with van der Waals surface area (Å²) in [5.74, 6) is -0.847. The van der Waals surface area contributed by atoms with Gasteiger partial charge in [0.05, 0.1) is 18.6 Å². The van der Waals surface area contributed by atoms with Gasteiger partial charge in [-0.15, -0.1) is 0 Å². The fourth-order valence-electron chi connectivity index (χ4n) is 5.36. The summed E-state index contributed by atoms with van der Waals surface area (Å²) in [4.78, 5) is 58.0. The van der Waals surface area contributed by atoms with Crippen molar-refractivity contribution in [1.29, 1.82) is 0 Å². The van der Waals surface area contributed by atoms with Gasteiger partial charge in [0.25, 0.3) is 5.91 Å². The van der Waals surface area contributed by atoms with Crippen LogP contribution in [0.2, 0.25) is 0 Å². The number of carbonyl (C=O) groups is 4. The van der Waals surface area contributed by atoms with Crippen LogP contribution in [0.5, 0.6) is 0 Å². The highest BCUT2D eigenvalue weighted by molar-refractivity contribution is 6.01. The molecule has 204 valence electrons. The summed E-state index contributed by atoms with van der Waals surface area (Å²) in [6, 6.07) is 4.66. The van der Waals surface area contributed by atoms with Crippen LogP contribution in [0.4, 0.5) is 5.69 Å². The number of Topliss-reactive ketones (excluding diaryl/α,β-unsaturated/α-hetero) is 1. The number of carbonyl (C=O) groups excluding carboxylic acids is 4. The summed E-state index contributed by atoms with van der Waals surface area (Å²) in [7, 11) is 3.85. The van der Waals surface area contributed by atoms with Crippen LogP contribution in [0.15, 0.2) is 24.3 Å². The third-order valence-electron chi connectivity index (χ3n) is 7.09. The number of nitrogens with one attached hydrogen (secondary N) is 1. The van der Waals surface area contributed by atoms with E-state index in [1.807, 2.05) is 65.7 Å². The molecule has 2 aliphatic heterocycles. The van der Waals surface area contributed by atoms with Gasteiger partial charge >= 0.3 is 0 Å². The molecular weight excluding hydrogens is 470 g/mol. The Kier molecular flexibility index (Phi) is 8.67. The van der Waals surface area contributed by atoms with Crippen molar-refractivity contribution in [2.24, 2.45) is 17.1 Å². The maximum atomic E-state index is 13.7. The minimum absolute atomic E-state index is 0.0325. The molecule has 2 unspecified atom stereocenters. The first-order valence-electron chi connectivity index (χ1n) is 13.2. The van der Waals surface area contributed by atoms with Gasteiger partial charge in [-0.2, -0.15) is 0 Å². The molecule has 1 aromatic carbocycles. The third kappa shape index (κ3) is 6.69. The molecule has 9 heteroatoms. The number of hydrogen-bond donors (Lipinski definition) is 2. The van der Waals surface area contributed by atoms with Crippen molar-refractivity contribution < 1.29 is 19.2 Å². The van der Waals surface area contributed by atoms with Crippen molar-refractivity contribution in [3.05, 3.63) is 29.8 Å². The van der Waals surface area contributed by atoms with E-state index >= 15 is 0 Å². The molecule has 9 nitrogen and oxygen atoms in total. The van der Waals surface area contributed by atoms with Crippen LogP contribution in [0.3, 0.4) is 0 Å². The smallest absolute Gasteiger partial charge is 0.251 e. The topological polar surface area (TPSA) is 116 Å². The zero-order valence-electron chi connectivity index (χ0n) is 23.3. The van der Waals surface area contributed by atoms with Gasteiger partial charge in [0.2, 0.25) is 11.8 Å². The SMILES string of the molecule is CC(C)C[C@H](NC(=O)c1ccc(N(C)C)cc1)C(=O)N1CCC2C1C(=O)CN2C(=O)[C@@H](N)CC(C)(C)C. The largest absolute Gasteiger partial charge is 0.378 e. The molecule has 0 spiro atoms. The number of nitrogens with two attached hydrogens (primary N) is 1. The van der Waals surface area contributed by atoms with Crippen molar-refractivity contribution in [2.75, 3.05) is 32.1 Å². The van der Waals surface area contributed by atoms with Gasteiger partial charge in [-0.3, -0.25) is 19.2 Å². The Morgan fingerprint density at radius 3 is 2.24 bits per heavy atom. The van der Waals surface area contributed by atoms with Crippen molar-refractivity contribution in [2.45, 2.75) is 78.0 Å². The van der Waals surface area contributed by atoms with Gasteiger partial charge in [0, 0.05) is 31.9 Å². The maximum Gasteiger partial charge on any atom is 0.251 e. The lowest BCUT2D eigenvalue weighted by atomic mass is 9.88. The van der Waals surface area contributed by atoms with Gasteiger partial charge in [-0.1, -0.05) is 34.6 Å². The number of anilines is 1. The molecule has 37 heavy (non-hydrogen) atoms. The maximum absolute atomic E-state index is 13.7. The van der Waals surface area contributed by atoms with Crippen LogP contribution in [-0.2, 0) is 14.4 Å². The number of benzene rings is 1. The number of rotatable bonds is 8. The fraction of sp³-hybridized carbons (Fsp3) is 0.643. The molecule has 3 rings (SSSR count). The van der Waals surface area contributed by atoms with Crippen LogP contribution >= 0.6 is 0 Å². The molecule has 2 fully saturated rings. The molecular formula is C28H43N5O4. The van der Waals surface area contributed by atoms with E-state index in [0.29, 0.717) is 31.4 Å². The minimum atomic E-state index is -0.763. The molecule has 0 aromatic heterocycles. The molecule has 2 aliphatic rings. The van der Waals surface area contributed by atoms with E-state index in [9.17, 15) is 19.2 Å². The van der Waals surface area contributed by atoms with E-state index in [0.717, 1.165) is 5.69 Å². The molecule has 0 aliphatic carbocycles. The first-order chi connectivity index (χ1) is 17.2. The Labute approximate surface area is 220 Å². The summed E-state index contributed by atoms with van der Waals surface area (Å²) >= 11 is 0. The molecule has 0 bridgehead atoms. The number of ketones is 1. The lowest BCUT2D eigenvalue weighted by Crippen LogP contribution is -2.53. The average Bonchev–Trinajstić information content (AvgIpc) is 3.37. The number of fused-ring (bicyclic) bond motifs is 1. The standard InChI is InChI=1S/C28H43N5O4/c1-17(2)14-21(30-25(35)18-8-10-19(11-9-18)31(6)7)27(37)32-13-12-22-24(32)23(34)16-33(22)26(36)20(29)15-28(3,4)5/h8-11,17,20-22,24H,12-16,29H2,1-7H3,(H,30,35)/t20-,21-,22?,24?/m0/s1. The number of likely N-dealkylation sites (tertiary alicyclic amines) is 2. The quantitative estimate of drug-likeness (QED) is 0.550. The Balaban J connectivity index is 1.74. The van der Waals surface area contributed by atoms with Crippen LogP contribution in [0, 0.1) is 11.3 Å². The van der Waals surface area contributed by atoms with Gasteiger partial charge in [0.15, 0.2) is 5.78 Å². The summed E-state index contributed by atoms with van der Waals surface area (Å²) in [5, 5.41) is 2.91. The molecule has 4 atom stereocenters. The molecule has 2 heterocycles. The Morgan fingerprint density at radius 1 is 1.08 bits per heavy atom. The third-order valence-corrected chi connectivity index (χ3v) is 7.09. The van der Waals surface area contributed by atoms with Gasteiger partial charge < -0.3 is 25.8 Å². The summed E-state index contributed by atoms with van der Waals surface area (Å²) in [6.45, 7) is 10.4. The summed E-state index contributed by atoms with van der Waals surface area (Å²) in [5.41, 5.74) is 7.53. The van der Waals surface area contributed by atoms with Crippen LogP contribution in [0.25, 0.3) is 0 Å². The van der Waals surface area contributed by atoms with Crippen LogP contribution in [0.1, 0.15) is 64.2 Å². The average molecular weight is 514 g/mol. The van der Waals surface area contributed by atoms with Gasteiger partial charge in [-0.25, -0.2) is 0 Å². The monoisotopic (exact) mass is 513 g/mol. The normalized spacial score (nSPS) is 21.2. The zero-order valence-corrected chi connectivity index (χ0v) is 23.3. The van der Waals surface area contributed by atoms with E-state index in [1.54, 1.807) is 21.9 Å². The molecule has 3 amide bonds. The fourth-order valence-corrected chi connectivity index (χ4v) is 5.36. The molecule has 0 radical (unpaired) electrons. The number of amides is 3. The predicted octanol–water partition coefficient (Wildman–Crippen LogP) is 2.04. The zero-order chi connectivity index (χ0) is 27.7. The second-order valence-corrected chi connectivity index (χ2v) is 12.2. The summed E-state index contributed by atoms with van der Waals surface area (Å²) in [6.07, 6.45) is 1.47. The van der Waals surface area contributed by atoms with Crippen molar-refractivity contribution >= 4 is 29.2 Å². The molecule has 3 N–H and O–H groups in total. The highest BCUT2D eigenvalue weighted by atomic mass is 16.2. The van der Waals surface area contributed by atoms with Crippen molar-refractivity contribution in [3.8, 4) is 0 Å². The predicted molar refractivity (Wildman–Crippen MR) is 144 cm³/mol. The molecule has 2 saturated heterocycles. The van der Waals surface area contributed by atoms with Gasteiger partial charge in [0.1, 0.15) is 12.1 Å². The first-order valence-corrected chi connectivity index (χ1v) is 13.2. The lowest BCUT2D eigenvalue weighted by molar-refractivity contribution is -0.138. The highest BCUT2D eigenvalue weighted by Crippen LogP contribution is 2.32. The first kappa shape index (κ1) is 28.6. The second kappa shape index (κ2) is 11.2. The Morgan fingerprint density at radius 2 is 1.70 bits per heavy atom. The van der Waals surface area contributed by atoms with Crippen LogP contribution < -0.4 is 16.0 Å². The van der Waals surface area contributed by atoms with E-state index in [1.165, 1.54) is 0 Å². The minimum Gasteiger partial charge on any atom is -0.378 e. The van der Waals surface area contributed by atoms with E-state index in [2.05, 4.69) is 5.32 Å². The van der Waals surface area contributed by atoms with Crippen LogP contribution in [-0.4, -0.2) is 84.7 Å². The molecule has 0 saturated carbocycles. The molecule has 1 aromatic rings. The highest BCUT2D eigenvalue weighted by Gasteiger charge is 2.52. The Hall–Kier alpha value is -2.94. The Bertz CT molecular complexity index is 1010. The number of nitrogens with zero attached hydrogens (tertiary/aromatic N) is 3. The van der Waals surface area contributed by atoms with Crippen molar-refractivity contribution in [1.82, 2.24) is 15.1 Å². The number of hydrogen-bond acceptors (Lipinski definition) is 6. The van der Waals surface area contributed by atoms with E-state index in [4.69, 9.17) is 5.73 Å². The van der Waals surface area contributed by atoms with Crippen molar-refractivity contribution in [3.63, 3.8) is 0 Å². The van der Waals surface area contributed by atoms with E-state index in [-0.39, 0.29) is 47.4 Å². The van der Waals surface area contributed by atoms with E-state index < -0.39 is 18.1 Å². The van der Waals surface area contributed by atoms with Gasteiger partial charge in [-0.05, 0) is 54.9 Å².